The molecule has 0 unspecified atom stereocenters. The molecule has 0 saturated heterocycles. The molecule has 0 aliphatic carbocycles. The molecule has 26 heavy (non-hydrogen) atoms. The Morgan fingerprint density at radius 1 is 1.23 bits per heavy atom. The second-order valence-corrected chi connectivity index (χ2v) is 8.17. The van der Waals surface area contributed by atoms with E-state index >= 15 is 0 Å². The molecule has 3 aromatic rings. The first-order valence-electron chi connectivity index (χ1n) is 8.42. The van der Waals surface area contributed by atoms with Crippen LogP contribution in [0.4, 0.5) is 10.1 Å². The van der Waals surface area contributed by atoms with E-state index in [1.54, 1.807) is 23.5 Å². The first-order valence-corrected chi connectivity index (χ1v) is 10.2. The van der Waals surface area contributed by atoms with Crippen LogP contribution in [-0.2, 0) is 11.2 Å². The Bertz CT molecular complexity index is 938. The zero-order valence-electron chi connectivity index (χ0n) is 14.9. The van der Waals surface area contributed by atoms with Gasteiger partial charge < -0.3 is 5.32 Å². The van der Waals surface area contributed by atoms with Crippen LogP contribution in [0.1, 0.15) is 29.6 Å². The molecule has 4 nitrogen and oxygen atoms in total. The lowest BCUT2D eigenvalue weighted by atomic mass is 10.2. The van der Waals surface area contributed by atoms with Gasteiger partial charge in [-0.1, -0.05) is 18.7 Å². The van der Waals surface area contributed by atoms with Crippen molar-refractivity contribution in [1.29, 1.82) is 0 Å². The topological polar surface area (TPSA) is 54.9 Å². The summed E-state index contributed by atoms with van der Waals surface area (Å²) in [5.74, 6) is 0.592. The van der Waals surface area contributed by atoms with Gasteiger partial charge in [-0.25, -0.2) is 14.4 Å². The average molecular weight is 390 g/mol. The number of carbonyl (C=O) groups excluding carboxylic acids is 1. The highest BCUT2D eigenvalue weighted by molar-refractivity contribution is 8.00. The van der Waals surface area contributed by atoms with Crippen LogP contribution in [0.5, 0.6) is 0 Å². The van der Waals surface area contributed by atoms with Crippen molar-refractivity contribution in [2.24, 2.45) is 0 Å². The molecule has 1 N–H and O–H groups in total. The van der Waals surface area contributed by atoms with Crippen molar-refractivity contribution in [2.75, 3.05) is 11.1 Å². The number of fused-ring (bicyclic) bond motifs is 1. The summed E-state index contributed by atoms with van der Waals surface area (Å²) in [6.07, 6.45) is 1.80. The maximum absolute atomic E-state index is 13.0. The lowest BCUT2D eigenvalue weighted by Crippen LogP contribution is -2.14. The monoisotopic (exact) mass is 389 g/mol. The molecule has 0 fully saturated rings. The molecular formula is C19H20FN3OS2. The molecule has 0 atom stereocenters. The fourth-order valence-electron chi connectivity index (χ4n) is 2.56. The Balaban J connectivity index is 1.78. The van der Waals surface area contributed by atoms with E-state index in [2.05, 4.69) is 36.1 Å². The molecule has 0 aliphatic rings. The van der Waals surface area contributed by atoms with Crippen molar-refractivity contribution in [1.82, 2.24) is 9.97 Å². The van der Waals surface area contributed by atoms with Crippen molar-refractivity contribution in [3.63, 3.8) is 0 Å². The Kier molecular flexibility index (Phi) is 5.88. The smallest absolute Gasteiger partial charge is 0.234 e. The minimum absolute atomic E-state index is 0.144. The third-order valence-corrected chi connectivity index (χ3v) is 6.06. The number of aryl methyl sites for hydroxylation is 3. The number of benzene rings is 1. The van der Waals surface area contributed by atoms with Crippen molar-refractivity contribution >= 4 is 44.9 Å². The van der Waals surface area contributed by atoms with E-state index in [1.807, 2.05) is 0 Å². The van der Waals surface area contributed by atoms with Crippen molar-refractivity contribution in [3.05, 3.63) is 46.3 Å². The lowest BCUT2D eigenvalue weighted by molar-refractivity contribution is -0.113. The van der Waals surface area contributed by atoms with Gasteiger partial charge in [-0.2, -0.15) is 0 Å². The van der Waals surface area contributed by atoms with E-state index < -0.39 is 0 Å². The Morgan fingerprint density at radius 3 is 2.65 bits per heavy atom. The molecule has 1 amide bonds. The summed E-state index contributed by atoms with van der Waals surface area (Å²) in [6, 6.07) is 5.75. The molecule has 0 saturated carbocycles. The van der Waals surface area contributed by atoms with Crippen LogP contribution in [0.3, 0.4) is 0 Å². The summed E-state index contributed by atoms with van der Waals surface area (Å²) in [7, 11) is 0. The van der Waals surface area contributed by atoms with Crippen molar-refractivity contribution in [2.45, 2.75) is 38.6 Å². The SMILES string of the molecule is CCCc1nc(SCC(=O)Nc2ccc(F)cc2)c2c(C)c(C)sc2n1. The van der Waals surface area contributed by atoms with Crippen LogP contribution < -0.4 is 5.32 Å². The van der Waals surface area contributed by atoms with E-state index in [0.717, 1.165) is 33.9 Å². The quantitative estimate of drug-likeness (QED) is 0.469. The van der Waals surface area contributed by atoms with Crippen LogP contribution in [-0.4, -0.2) is 21.6 Å². The predicted octanol–water partition coefficient (Wildman–Crippen LogP) is 5.13. The molecule has 3 rings (SSSR count). The minimum atomic E-state index is -0.326. The van der Waals surface area contributed by atoms with Crippen molar-refractivity contribution < 1.29 is 9.18 Å². The Morgan fingerprint density at radius 2 is 1.96 bits per heavy atom. The van der Waals surface area contributed by atoms with Crippen LogP contribution in [0.15, 0.2) is 29.3 Å². The van der Waals surface area contributed by atoms with Gasteiger partial charge in [0.05, 0.1) is 5.75 Å². The third-order valence-electron chi connectivity index (χ3n) is 3.98. The highest BCUT2D eigenvalue weighted by Gasteiger charge is 2.16. The van der Waals surface area contributed by atoms with Crippen LogP contribution in [0, 0.1) is 19.7 Å². The number of anilines is 1. The number of thiophene rings is 1. The minimum Gasteiger partial charge on any atom is -0.325 e. The molecule has 2 aromatic heterocycles. The number of hydrogen-bond donors (Lipinski definition) is 1. The van der Waals surface area contributed by atoms with E-state index in [1.165, 1.54) is 34.3 Å². The second-order valence-electron chi connectivity index (χ2n) is 6.00. The molecule has 2 heterocycles. The Labute approximate surface area is 160 Å². The van der Waals surface area contributed by atoms with Crippen LogP contribution in [0.25, 0.3) is 10.2 Å². The summed E-state index contributed by atoms with van der Waals surface area (Å²) in [5, 5.41) is 4.68. The summed E-state index contributed by atoms with van der Waals surface area (Å²) in [5.41, 5.74) is 1.76. The molecule has 136 valence electrons. The fourth-order valence-corrected chi connectivity index (χ4v) is 4.58. The number of nitrogens with zero attached hydrogens (tertiary/aromatic N) is 2. The van der Waals surface area contributed by atoms with Gasteiger partial charge >= 0.3 is 0 Å². The van der Waals surface area contributed by atoms with Gasteiger partial charge in [-0.3, -0.25) is 4.79 Å². The summed E-state index contributed by atoms with van der Waals surface area (Å²) < 4.78 is 13.0. The van der Waals surface area contributed by atoms with E-state index in [0.29, 0.717) is 5.69 Å². The summed E-state index contributed by atoms with van der Waals surface area (Å²) in [4.78, 5) is 23.8. The van der Waals surface area contributed by atoms with Crippen LogP contribution >= 0.6 is 23.1 Å². The summed E-state index contributed by atoms with van der Waals surface area (Å²) in [6.45, 7) is 6.25. The standard InChI is InChI=1S/C19H20FN3OS2/c1-4-5-15-22-18(17-11(2)12(3)26-19(17)23-15)25-10-16(24)21-14-8-6-13(20)7-9-14/h6-9H,4-5,10H2,1-3H3,(H,21,24). The fraction of sp³-hybridized carbons (Fsp3) is 0.316. The molecule has 0 spiro atoms. The first kappa shape index (κ1) is 18.8. The average Bonchev–Trinajstić information content (AvgIpc) is 2.89. The summed E-state index contributed by atoms with van der Waals surface area (Å²) >= 11 is 3.09. The number of carbonyl (C=O) groups is 1. The number of nitrogens with one attached hydrogen (secondary N) is 1. The van der Waals surface area contributed by atoms with Gasteiger partial charge in [0.25, 0.3) is 0 Å². The van der Waals surface area contributed by atoms with E-state index in [4.69, 9.17) is 0 Å². The number of amides is 1. The number of hydrogen-bond acceptors (Lipinski definition) is 5. The lowest BCUT2D eigenvalue weighted by Gasteiger charge is -2.08. The van der Waals surface area contributed by atoms with Crippen LogP contribution in [0.2, 0.25) is 0 Å². The zero-order valence-corrected chi connectivity index (χ0v) is 16.6. The highest BCUT2D eigenvalue weighted by atomic mass is 32.2. The first-order chi connectivity index (χ1) is 12.5. The molecule has 0 bridgehead atoms. The number of halogens is 1. The molecular weight excluding hydrogens is 369 g/mol. The van der Waals surface area contributed by atoms with Gasteiger partial charge in [0.15, 0.2) is 0 Å². The largest absolute Gasteiger partial charge is 0.325 e. The van der Waals surface area contributed by atoms with Gasteiger partial charge in [0.2, 0.25) is 5.91 Å². The van der Waals surface area contributed by atoms with Gasteiger partial charge in [-0.05, 0) is 50.1 Å². The normalized spacial score (nSPS) is 11.1. The number of rotatable bonds is 6. The van der Waals surface area contributed by atoms with E-state index in [-0.39, 0.29) is 17.5 Å². The maximum atomic E-state index is 13.0. The third kappa shape index (κ3) is 4.22. The number of thioether (sulfide) groups is 1. The molecule has 0 radical (unpaired) electrons. The highest BCUT2D eigenvalue weighted by Crippen LogP contribution is 2.35. The molecule has 1 aromatic carbocycles. The predicted molar refractivity (Wildman–Crippen MR) is 107 cm³/mol. The zero-order chi connectivity index (χ0) is 18.7. The molecule has 0 aliphatic heterocycles. The Hall–Kier alpha value is -1.99. The van der Waals surface area contributed by atoms with Crippen molar-refractivity contribution in [3.8, 4) is 0 Å². The van der Waals surface area contributed by atoms with Gasteiger partial charge in [-0.15, -0.1) is 11.3 Å². The van der Waals surface area contributed by atoms with Gasteiger partial charge in [0.1, 0.15) is 21.5 Å². The van der Waals surface area contributed by atoms with E-state index in [9.17, 15) is 9.18 Å². The number of aromatic nitrogens is 2. The maximum Gasteiger partial charge on any atom is 0.234 e. The van der Waals surface area contributed by atoms with Gasteiger partial charge in [0, 0.05) is 22.4 Å². The molecule has 7 heteroatoms. The second kappa shape index (κ2) is 8.14.